The van der Waals surface area contributed by atoms with Gasteiger partial charge in [0.05, 0.1) is 0 Å². The summed E-state index contributed by atoms with van der Waals surface area (Å²) in [5, 5.41) is 0.927. The Balaban J connectivity index is 1.40. The number of carbonyl (C=O) groups is 1. The molecule has 0 atom stereocenters. The van der Waals surface area contributed by atoms with Crippen LogP contribution in [0.1, 0.15) is 5.76 Å². The predicted molar refractivity (Wildman–Crippen MR) is 107 cm³/mol. The van der Waals surface area contributed by atoms with E-state index in [1.165, 1.54) is 11.0 Å². The Morgan fingerprint density at radius 1 is 1.00 bits per heavy atom. The lowest BCUT2D eigenvalue weighted by molar-refractivity contribution is -0.127. The molecule has 2 heterocycles. The summed E-state index contributed by atoms with van der Waals surface area (Å²) in [6, 6.07) is 11.7. The smallest absolute Gasteiger partial charge is 0.246 e. The zero-order valence-electron chi connectivity index (χ0n) is 15.8. The molecular formula is C21H18F2N2O4S. The maximum atomic E-state index is 13.9. The lowest BCUT2D eigenvalue weighted by Crippen LogP contribution is -2.50. The van der Waals surface area contributed by atoms with Gasteiger partial charge in [-0.1, -0.05) is 18.2 Å². The van der Waals surface area contributed by atoms with Crippen LogP contribution in [-0.4, -0.2) is 49.7 Å². The Morgan fingerprint density at radius 3 is 2.43 bits per heavy atom. The second-order valence-corrected chi connectivity index (χ2v) is 8.73. The number of carbonyl (C=O) groups excluding carboxylic acids is 1. The standard InChI is InChI=1S/C21H18F2N2O4S/c22-16-5-7-20(18(23)14-16)30(27,28)25-11-9-24(10-12-25)21(26)8-6-17-13-15-3-1-2-4-19(15)29-17/h1-8,13-14H,9-12H2/b8-6+. The van der Waals surface area contributed by atoms with E-state index >= 15 is 0 Å². The number of rotatable bonds is 4. The molecule has 0 unspecified atom stereocenters. The van der Waals surface area contributed by atoms with Crippen molar-refractivity contribution in [2.75, 3.05) is 26.2 Å². The van der Waals surface area contributed by atoms with Gasteiger partial charge >= 0.3 is 0 Å². The Kier molecular flexibility index (Phi) is 5.40. The first-order valence-electron chi connectivity index (χ1n) is 9.25. The summed E-state index contributed by atoms with van der Waals surface area (Å²) in [5.41, 5.74) is 0.719. The fourth-order valence-electron chi connectivity index (χ4n) is 3.32. The zero-order chi connectivity index (χ0) is 21.3. The average Bonchev–Trinajstić information content (AvgIpc) is 3.15. The first-order chi connectivity index (χ1) is 14.3. The summed E-state index contributed by atoms with van der Waals surface area (Å²) in [7, 11) is -4.11. The molecule has 1 aromatic heterocycles. The van der Waals surface area contributed by atoms with Crippen molar-refractivity contribution >= 4 is 33.0 Å². The topological polar surface area (TPSA) is 70.8 Å². The van der Waals surface area contributed by atoms with E-state index in [0.717, 1.165) is 27.4 Å². The molecule has 1 aliphatic heterocycles. The number of fused-ring (bicyclic) bond motifs is 1. The van der Waals surface area contributed by atoms with Gasteiger partial charge in [0.15, 0.2) is 0 Å². The van der Waals surface area contributed by atoms with E-state index in [0.29, 0.717) is 11.8 Å². The highest BCUT2D eigenvalue weighted by molar-refractivity contribution is 7.89. The first kappa shape index (κ1) is 20.2. The molecule has 156 valence electrons. The molecule has 6 nitrogen and oxygen atoms in total. The van der Waals surface area contributed by atoms with Gasteiger partial charge in [0.1, 0.15) is 27.9 Å². The predicted octanol–water partition coefficient (Wildman–Crippen LogP) is 3.26. The quantitative estimate of drug-likeness (QED) is 0.594. The number of piperazine rings is 1. The lowest BCUT2D eigenvalue weighted by atomic mass is 10.2. The fourth-order valence-corrected chi connectivity index (χ4v) is 4.78. The molecule has 1 aliphatic rings. The van der Waals surface area contributed by atoms with Gasteiger partial charge < -0.3 is 9.32 Å². The van der Waals surface area contributed by atoms with Gasteiger partial charge in [0.25, 0.3) is 0 Å². The minimum absolute atomic E-state index is 0.0172. The maximum Gasteiger partial charge on any atom is 0.246 e. The molecule has 30 heavy (non-hydrogen) atoms. The Labute approximate surface area is 172 Å². The normalized spacial score (nSPS) is 15.9. The van der Waals surface area contributed by atoms with Crippen molar-refractivity contribution in [3.63, 3.8) is 0 Å². The fraction of sp³-hybridized carbons (Fsp3) is 0.190. The molecule has 0 radical (unpaired) electrons. The van der Waals surface area contributed by atoms with Crippen LogP contribution < -0.4 is 0 Å². The highest BCUT2D eigenvalue weighted by atomic mass is 32.2. The van der Waals surface area contributed by atoms with E-state index in [2.05, 4.69) is 0 Å². The molecule has 1 saturated heterocycles. The van der Waals surface area contributed by atoms with E-state index in [4.69, 9.17) is 4.42 Å². The van der Waals surface area contributed by atoms with Crippen LogP contribution in [0.4, 0.5) is 8.78 Å². The van der Waals surface area contributed by atoms with Gasteiger partial charge in [-0.3, -0.25) is 4.79 Å². The highest BCUT2D eigenvalue weighted by Gasteiger charge is 2.31. The van der Waals surface area contributed by atoms with Crippen molar-refractivity contribution in [2.24, 2.45) is 0 Å². The number of halogens is 2. The van der Waals surface area contributed by atoms with Crippen molar-refractivity contribution in [1.82, 2.24) is 9.21 Å². The molecule has 3 aromatic rings. The zero-order valence-corrected chi connectivity index (χ0v) is 16.6. The van der Waals surface area contributed by atoms with Gasteiger partial charge in [0, 0.05) is 43.7 Å². The van der Waals surface area contributed by atoms with Crippen LogP contribution in [0.2, 0.25) is 0 Å². The van der Waals surface area contributed by atoms with Crippen LogP contribution in [0.5, 0.6) is 0 Å². The molecule has 0 aliphatic carbocycles. The van der Waals surface area contributed by atoms with Crippen LogP contribution in [-0.2, 0) is 14.8 Å². The summed E-state index contributed by atoms with van der Waals surface area (Å²) < 4.78 is 59.0. The minimum Gasteiger partial charge on any atom is -0.457 e. The second-order valence-electron chi connectivity index (χ2n) is 6.82. The molecule has 0 saturated carbocycles. The number of hydrogen-bond donors (Lipinski definition) is 0. The SMILES string of the molecule is O=C(/C=C/c1cc2ccccc2o1)N1CCN(S(=O)(=O)c2ccc(F)cc2F)CC1. The van der Waals surface area contributed by atoms with E-state index < -0.39 is 26.6 Å². The summed E-state index contributed by atoms with van der Waals surface area (Å²) in [6.45, 7) is 0.351. The highest BCUT2D eigenvalue weighted by Crippen LogP contribution is 2.22. The molecule has 2 aromatic carbocycles. The summed E-state index contributed by atoms with van der Waals surface area (Å²) in [4.78, 5) is 13.4. The Bertz CT molecular complexity index is 1200. The van der Waals surface area contributed by atoms with Crippen molar-refractivity contribution < 1.29 is 26.4 Å². The average molecular weight is 432 g/mol. The van der Waals surface area contributed by atoms with Gasteiger partial charge in [-0.05, 0) is 30.3 Å². The molecule has 1 amide bonds. The Hall–Kier alpha value is -3.04. The number of hydrogen-bond acceptors (Lipinski definition) is 4. The summed E-state index contributed by atoms with van der Waals surface area (Å²) >= 11 is 0. The largest absolute Gasteiger partial charge is 0.457 e. The Morgan fingerprint density at radius 2 is 1.73 bits per heavy atom. The van der Waals surface area contributed by atoms with Crippen molar-refractivity contribution in [3.8, 4) is 0 Å². The molecule has 0 N–H and O–H groups in total. The first-order valence-corrected chi connectivity index (χ1v) is 10.7. The van der Waals surface area contributed by atoms with Crippen molar-refractivity contribution in [3.05, 3.63) is 72.0 Å². The van der Waals surface area contributed by atoms with Crippen LogP contribution in [0.25, 0.3) is 17.0 Å². The van der Waals surface area contributed by atoms with Gasteiger partial charge in [-0.2, -0.15) is 4.31 Å². The molecule has 0 spiro atoms. The molecule has 0 bridgehead atoms. The molecule has 9 heteroatoms. The van der Waals surface area contributed by atoms with Crippen molar-refractivity contribution in [1.29, 1.82) is 0 Å². The van der Waals surface area contributed by atoms with Crippen LogP contribution in [0, 0.1) is 11.6 Å². The number of benzene rings is 2. The van der Waals surface area contributed by atoms with E-state index in [1.807, 2.05) is 30.3 Å². The summed E-state index contributed by atoms with van der Waals surface area (Å²) in [6.07, 6.45) is 2.95. The number of sulfonamides is 1. The second kappa shape index (κ2) is 8.00. The number of para-hydroxylation sites is 1. The summed E-state index contributed by atoms with van der Waals surface area (Å²) in [5.74, 6) is -1.72. The third kappa shape index (κ3) is 3.99. The van der Waals surface area contributed by atoms with E-state index in [9.17, 15) is 22.0 Å². The maximum absolute atomic E-state index is 13.9. The molecule has 1 fully saturated rings. The van der Waals surface area contributed by atoms with Crippen molar-refractivity contribution in [2.45, 2.75) is 4.90 Å². The lowest BCUT2D eigenvalue weighted by Gasteiger charge is -2.33. The van der Waals surface area contributed by atoms with Crippen LogP contribution in [0.15, 0.2) is 63.9 Å². The van der Waals surface area contributed by atoms with E-state index in [1.54, 1.807) is 6.08 Å². The molecule has 4 rings (SSSR count). The van der Waals surface area contributed by atoms with Gasteiger partial charge in [-0.25, -0.2) is 17.2 Å². The van der Waals surface area contributed by atoms with Gasteiger partial charge in [0.2, 0.25) is 15.9 Å². The van der Waals surface area contributed by atoms with Gasteiger partial charge in [-0.15, -0.1) is 0 Å². The van der Waals surface area contributed by atoms with Crippen LogP contribution >= 0.6 is 0 Å². The monoisotopic (exact) mass is 432 g/mol. The number of nitrogens with zero attached hydrogens (tertiary/aromatic N) is 2. The van der Waals surface area contributed by atoms with E-state index in [-0.39, 0.29) is 32.1 Å². The minimum atomic E-state index is -4.11. The molecular weight excluding hydrogens is 414 g/mol. The number of furan rings is 1. The third-order valence-electron chi connectivity index (χ3n) is 4.90. The van der Waals surface area contributed by atoms with Crippen LogP contribution in [0.3, 0.4) is 0 Å². The number of amides is 1. The third-order valence-corrected chi connectivity index (χ3v) is 6.83.